The fourth-order valence-electron chi connectivity index (χ4n) is 2.88. The normalized spacial score (nSPS) is 13.3. The van der Waals surface area contributed by atoms with Gasteiger partial charge >= 0.3 is 5.97 Å². The summed E-state index contributed by atoms with van der Waals surface area (Å²) in [7, 11) is 1.36. The molecule has 1 aliphatic heterocycles. The van der Waals surface area contributed by atoms with Crippen LogP contribution in [0.15, 0.2) is 41.1 Å². The lowest BCUT2D eigenvalue weighted by molar-refractivity contribution is -0.131. The van der Waals surface area contributed by atoms with Crippen LogP contribution in [-0.2, 0) is 28.9 Å². The van der Waals surface area contributed by atoms with Gasteiger partial charge in [0, 0.05) is 30.0 Å². The Balaban J connectivity index is 1.74. The summed E-state index contributed by atoms with van der Waals surface area (Å²) in [6.45, 7) is 1.07. The summed E-state index contributed by atoms with van der Waals surface area (Å²) in [5.41, 5.74) is 3.32. The number of amides is 1. The zero-order chi connectivity index (χ0) is 17.1. The number of hydrogen-bond donors (Lipinski definition) is 0. The van der Waals surface area contributed by atoms with Crippen molar-refractivity contribution in [3.8, 4) is 0 Å². The molecule has 0 spiro atoms. The Labute approximate surface area is 148 Å². The van der Waals surface area contributed by atoms with Gasteiger partial charge in [0.05, 0.1) is 19.1 Å². The predicted octanol–water partition coefficient (Wildman–Crippen LogP) is 2.76. The lowest BCUT2D eigenvalue weighted by atomic mass is 9.96. The maximum Gasteiger partial charge on any atom is 0.339 e. The number of aromatic nitrogens is 1. The van der Waals surface area contributed by atoms with Crippen molar-refractivity contribution >= 4 is 27.8 Å². The highest BCUT2D eigenvalue weighted by Crippen LogP contribution is 2.23. The van der Waals surface area contributed by atoms with Crippen LogP contribution in [-0.4, -0.2) is 35.4 Å². The van der Waals surface area contributed by atoms with E-state index in [1.807, 2.05) is 29.2 Å². The maximum absolute atomic E-state index is 12.5. The molecule has 1 aliphatic rings. The number of esters is 1. The lowest BCUT2D eigenvalue weighted by Gasteiger charge is -2.29. The van der Waals surface area contributed by atoms with E-state index in [2.05, 4.69) is 20.9 Å². The van der Waals surface area contributed by atoms with Gasteiger partial charge in [0.1, 0.15) is 0 Å². The van der Waals surface area contributed by atoms with Crippen molar-refractivity contribution < 1.29 is 14.3 Å². The standard InChI is InChI=1S/C18H17BrN2O3/c1-24-18(23)16-10-20-9-13-11-21(7-6-15(13)16)17(22)8-12-2-4-14(19)5-3-12/h2-5,9-10H,6-8,11H2,1H3. The third-order valence-electron chi connectivity index (χ3n) is 4.17. The van der Waals surface area contributed by atoms with Crippen LogP contribution in [0.1, 0.15) is 27.0 Å². The molecule has 3 rings (SSSR count). The first-order chi connectivity index (χ1) is 11.6. The average Bonchev–Trinajstić information content (AvgIpc) is 2.62. The van der Waals surface area contributed by atoms with E-state index in [9.17, 15) is 9.59 Å². The van der Waals surface area contributed by atoms with Crippen LogP contribution in [0.2, 0.25) is 0 Å². The number of hydrogen-bond acceptors (Lipinski definition) is 4. The number of carbonyl (C=O) groups excluding carboxylic acids is 2. The second-order valence-electron chi connectivity index (χ2n) is 5.68. The fraction of sp³-hybridized carbons (Fsp3) is 0.278. The highest BCUT2D eigenvalue weighted by atomic mass is 79.9. The van der Waals surface area contributed by atoms with Crippen LogP contribution in [0.25, 0.3) is 0 Å². The first-order valence-electron chi connectivity index (χ1n) is 7.64. The van der Waals surface area contributed by atoms with Crippen molar-refractivity contribution in [2.45, 2.75) is 19.4 Å². The molecule has 0 radical (unpaired) electrons. The van der Waals surface area contributed by atoms with Gasteiger partial charge in [0.25, 0.3) is 0 Å². The molecule has 0 saturated carbocycles. The summed E-state index contributed by atoms with van der Waals surface area (Å²) in [6.07, 6.45) is 4.26. The zero-order valence-electron chi connectivity index (χ0n) is 13.3. The van der Waals surface area contributed by atoms with Crippen molar-refractivity contribution in [2.24, 2.45) is 0 Å². The van der Waals surface area contributed by atoms with E-state index in [1.165, 1.54) is 13.3 Å². The van der Waals surface area contributed by atoms with Crippen molar-refractivity contribution in [2.75, 3.05) is 13.7 Å². The highest BCUT2D eigenvalue weighted by Gasteiger charge is 2.25. The summed E-state index contributed by atoms with van der Waals surface area (Å²) < 4.78 is 5.79. The highest BCUT2D eigenvalue weighted by molar-refractivity contribution is 9.10. The summed E-state index contributed by atoms with van der Waals surface area (Å²) in [5.74, 6) is -0.305. The summed E-state index contributed by atoms with van der Waals surface area (Å²) in [6, 6.07) is 7.74. The van der Waals surface area contributed by atoms with E-state index in [4.69, 9.17) is 4.74 Å². The molecule has 0 unspecified atom stereocenters. The number of nitrogens with zero attached hydrogens (tertiary/aromatic N) is 2. The van der Waals surface area contributed by atoms with E-state index in [0.29, 0.717) is 31.5 Å². The molecule has 24 heavy (non-hydrogen) atoms. The number of halogens is 1. The SMILES string of the molecule is COC(=O)c1cncc2c1CCN(C(=O)Cc1ccc(Br)cc1)C2. The molecule has 1 aromatic carbocycles. The third-order valence-corrected chi connectivity index (χ3v) is 4.69. The molecule has 5 nitrogen and oxygen atoms in total. The number of benzene rings is 1. The van der Waals surface area contributed by atoms with Gasteiger partial charge in [-0.25, -0.2) is 4.79 Å². The molecule has 1 aromatic heterocycles. The van der Waals surface area contributed by atoms with Gasteiger partial charge in [0.15, 0.2) is 0 Å². The second-order valence-corrected chi connectivity index (χ2v) is 6.60. The molecule has 0 aliphatic carbocycles. The topological polar surface area (TPSA) is 59.5 Å². The number of ether oxygens (including phenoxy) is 1. The van der Waals surface area contributed by atoms with Gasteiger partial charge < -0.3 is 9.64 Å². The summed E-state index contributed by atoms with van der Waals surface area (Å²) in [4.78, 5) is 30.3. The third kappa shape index (κ3) is 3.48. The van der Waals surface area contributed by atoms with Crippen molar-refractivity contribution in [1.82, 2.24) is 9.88 Å². The molecule has 124 valence electrons. The van der Waals surface area contributed by atoms with E-state index in [0.717, 1.165) is 21.2 Å². The zero-order valence-corrected chi connectivity index (χ0v) is 14.9. The molecule has 2 aromatic rings. The van der Waals surface area contributed by atoms with Crippen molar-refractivity contribution in [3.05, 3.63) is 63.4 Å². The number of methoxy groups -OCH3 is 1. The average molecular weight is 389 g/mol. The molecule has 2 heterocycles. The van der Waals surface area contributed by atoms with Gasteiger partial charge in [-0.15, -0.1) is 0 Å². The smallest absolute Gasteiger partial charge is 0.339 e. The van der Waals surface area contributed by atoms with E-state index >= 15 is 0 Å². The van der Waals surface area contributed by atoms with Gasteiger partial charge in [-0.1, -0.05) is 28.1 Å². The molecule has 0 N–H and O–H groups in total. The molecule has 0 fully saturated rings. The van der Waals surface area contributed by atoms with Crippen LogP contribution in [0, 0.1) is 0 Å². The molecular formula is C18H17BrN2O3. The van der Waals surface area contributed by atoms with Crippen LogP contribution >= 0.6 is 15.9 Å². The Hall–Kier alpha value is -2.21. The number of fused-ring (bicyclic) bond motifs is 1. The Bertz CT molecular complexity index is 774. The first-order valence-corrected chi connectivity index (χ1v) is 8.44. The Morgan fingerprint density at radius 3 is 2.71 bits per heavy atom. The van der Waals surface area contributed by atoms with Crippen LogP contribution in [0.5, 0.6) is 0 Å². The molecule has 0 bridgehead atoms. The monoisotopic (exact) mass is 388 g/mol. The molecule has 6 heteroatoms. The number of pyridine rings is 1. The fourth-order valence-corrected chi connectivity index (χ4v) is 3.15. The Kier molecular flexibility index (Phi) is 4.94. The number of carbonyl (C=O) groups is 2. The molecule has 1 amide bonds. The van der Waals surface area contributed by atoms with Gasteiger partial charge in [-0.2, -0.15) is 0 Å². The maximum atomic E-state index is 12.5. The van der Waals surface area contributed by atoms with Crippen LogP contribution in [0.4, 0.5) is 0 Å². The molecule has 0 atom stereocenters. The quantitative estimate of drug-likeness (QED) is 0.758. The predicted molar refractivity (Wildman–Crippen MR) is 92.5 cm³/mol. The summed E-state index contributed by atoms with van der Waals surface area (Å²) in [5, 5.41) is 0. The largest absolute Gasteiger partial charge is 0.465 e. The second kappa shape index (κ2) is 7.13. The van der Waals surface area contributed by atoms with Gasteiger partial charge in [0.2, 0.25) is 5.91 Å². The minimum atomic E-state index is -0.381. The van der Waals surface area contributed by atoms with Crippen molar-refractivity contribution in [3.63, 3.8) is 0 Å². The Morgan fingerprint density at radius 2 is 2.00 bits per heavy atom. The minimum absolute atomic E-state index is 0.0754. The molecule has 0 saturated heterocycles. The van der Waals surface area contributed by atoms with Crippen molar-refractivity contribution in [1.29, 1.82) is 0 Å². The van der Waals surface area contributed by atoms with E-state index < -0.39 is 0 Å². The van der Waals surface area contributed by atoms with Crippen LogP contribution in [0.3, 0.4) is 0 Å². The number of rotatable bonds is 3. The van der Waals surface area contributed by atoms with E-state index in [1.54, 1.807) is 6.20 Å². The van der Waals surface area contributed by atoms with Crippen LogP contribution < -0.4 is 0 Å². The Morgan fingerprint density at radius 1 is 1.25 bits per heavy atom. The molecular weight excluding hydrogens is 372 g/mol. The first kappa shape index (κ1) is 16.6. The van der Waals surface area contributed by atoms with E-state index in [-0.39, 0.29) is 11.9 Å². The van der Waals surface area contributed by atoms with Gasteiger partial charge in [-0.05, 0) is 35.2 Å². The minimum Gasteiger partial charge on any atom is -0.465 e. The summed E-state index contributed by atoms with van der Waals surface area (Å²) >= 11 is 3.39. The lowest BCUT2D eigenvalue weighted by Crippen LogP contribution is -2.37. The van der Waals surface area contributed by atoms with Gasteiger partial charge in [-0.3, -0.25) is 9.78 Å².